The first-order chi connectivity index (χ1) is 22.3. The molecule has 5 rings (SSSR count). The van der Waals surface area contributed by atoms with Gasteiger partial charge in [0, 0.05) is 37.8 Å². The molecule has 10 nitrogen and oxygen atoms in total. The van der Waals surface area contributed by atoms with Crippen molar-refractivity contribution in [3.05, 3.63) is 69.9 Å². The molecule has 0 spiro atoms. The minimum absolute atomic E-state index is 0.0170. The Morgan fingerprint density at radius 1 is 1.19 bits per heavy atom. The van der Waals surface area contributed by atoms with Crippen molar-refractivity contribution < 1.29 is 18.3 Å². The number of aryl methyl sites for hydroxylation is 1. The summed E-state index contributed by atoms with van der Waals surface area (Å²) >= 11 is 0. The lowest BCUT2D eigenvalue weighted by Gasteiger charge is -2.33. The highest BCUT2D eigenvalue weighted by Crippen LogP contribution is 2.36. The van der Waals surface area contributed by atoms with E-state index in [0.717, 1.165) is 18.9 Å². The standard InChI is InChI=1S/C35H39F2N7O3/c1-20(2)29-31(22(14-16-40-29)11-12-27(45)47-35(3,4)5)44-33-23(18-25(37)30(41-33)28-24(36)9-6-10-26(28)39)32(42-34(44)46)43-17-7-8-21(19-43)13-15-38/h6,9-10,14,16,18,20-21H,7-8,11-13,17,19,39H2,1-5H3/t21-/m0/s1. The number of nitrogens with zero attached hydrogens (tertiary/aromatic N) is 6. The Morgan fingerprint density at radius 3 is 2.64 bits per heavy atom. The molecule has 1 atom stereocenters. The summed E-state index contributed by atoms with van der Waals surface area (Å²) in [4.78, 5) is 42.6. The molecule has 0 unspecified atom stereocenters. The number of nitrogens with two attached hydrogens (primary N) is 1. The fraction of sp³-hybridized carbons (Fsp3) is 0.429. The minimum atomic E-state index is -0.839. The molecule has 12 heteroatoms. The van der Waals surface area contributed by atoms with Gasteiger partial charge in [0.1, 0.15) is 22.9 Å². The zero-order chi connectivity index (χ0) is 34.0. The molecule has 2 N–H and O–H groups in total. The van der Waals surface area contributed by atoms with E-state index in [9.17, 15) is 14.9 Å². The summed E-state index contributed by atoms with van der Waals surface area (Å²) in [7, 11) is 0. The van der Waals surface area contributed by atoms with Gasteiger partial charge < -0.3 is 15.4 Å². The molecule has 1 saturated heterocycles. The molecule has 246 valence electrons. The lowest BCUT2D eigenvalue weighted by Crippen LogP contribution is -2.38. The number of rotatable bonds is 8. The second-order valence-corrected chi connectivity index (χ2v) is 13.2. The number of anilines is 2. The van der Waals surface area contributed by atoms with Crippen molar-refractivity contribution in [2.75, 3.05) is 23.7 Å². The van der Waals surface area contributed by atoms with Gasteiger partial charge in [0.2, 0.25) is 0 Å². The van der Waals surface area contributed by atoms with Crippen LogP contribution in [0, 0.1) is 28.9 Å². The Morgan fingerprint density at radius 2 is 1.96 bits per heavy atom. The maximum atomic E-state index is 16.1. The molecule has 1 aliphatic heterocycles. The number of piperidine rings is 1. The van der Waals surface area contributed by atoms with Crippen LogP contribution in [0.25, 0.3) is 28.0 Å². The molecule has 1 aromatic carbocycles. The van der Waals surface area contributed by atoms with E-state index in [-0.39, 0.29) is 58.5 Å². The van der Waals surface area contributed by atoms with Crippen LogP contribution in [-0.2, 0) is 16.0 Å². The Balaban J connectivity index is 1.80. The summed E-state index contributed by atoms with van der Waals surface area (Å²) in [5, 5.41) is 9.56. The van der Waals surface area contributed by atoms with Crippen molar-refractivity contribution >= 4 is 28.5 Å². The number of esters is 1. The van der Waals surface area contributed by atoms with Crippen LogP contribution in [0.15, 0.2) is 41.3 Å². The zero-order valence-electron chi connectivity index (χ0n) is 27.3. The maximum absolute atomic E-state index is 16.1. The first kappa shape index (κ1) is 33.4. The van der Waals surface area contributed by atoms with Crippen LogP contribution in [0.2, 0.25) is 0 Å². The molecule has 0 bridgehead atoms. The van der Waals surface area contributed by atoms with Crippen LogP contribution in [0.5, 0.6) is 0 Å². The van der Waals surface area contributed by atoms with Crippen molar-refractivity contribution in [1.82, 2.24) is 19.5 Å². The molecule has 4 aromatic rings. The smallest absolute Gasteiger partial charge is 0.355 e. The monoisotopic (exact) mass is 643 g/mol. The summed E-state index contributed by atoms with van der Waals surface area (Å²) in [6.07, 6.45) is 3.78. The second kappa shape index (κ2) is 13.4. The van der Waals surface area contributed by atoms with Crippen LogP contribution in [0.3, 0.4) is 0 Å². The van der Waals surface area contributed by atoms with Crippen LogP contribution < -0.4 is 16.3 Å². The second-order valence-electron chi connectivity index (χ2n) is 13.2. The molecule has 4 heterocycles. The number of carbonyl (C=O) groups is 1. The summed E-state index contributed by atoms with van der Waals surface area (Å²) < 4.78 is 38.0. The summed E-state index contributed by atoms with van der Waals surface area (Å²) in [5.74, 6) is -1.91. The predicted octanol–water partition coefficient (Wildman–Crippen LogP) is 6.23. The first-order valence-corrected chi connectivity index (χ1v) is 15.8. The Hall–Kier alpha value is -4.92. The number of hydrogen-bond acceptors (Lipinski definition) is 9. The van der Waals surface area contributed by atoms with E-state index in [1.54, 1.807) is 33.0 Å². The van der Waals surface area contributed by atoms with Gasteiger partial charge >= 0.3 is 11.7 Å². The van der Waals surface area contributed by atoms with E-state index < -0.39 is 28.9 Å². The van der Waals surface area contributed by atoms with Gasteiger partial charge in [-0.15, -0.1) is 0 Å². The van der Waals surface area contributed by atoms with Crippen molar-refractivity contribution in [2.45, 2.75) is 78.2 Å². The average Bonchev–Trinajstić information content (AvgIpc) is 2.99. The third kappa shape index (κ3) is 7.09. The van der Waals surface area contributed by atoms with Gasteiger partial charge in [0.25, 0.3) is 0 Å². The van der Waals surface area contributed by atoms with Gasteiger partial charge in [-0.2, -0.15) is 10.2 Å². The molecule has 0 aliphatic carbocycles. The largest absolute Gasteiger partial charge is 0.460 e. The van der Waals surface area contributed by atoms with Crippen molar-refractivity contribution in [3.8, 4) is 23.0 Å². The average molecular weight is 644 g/mol. The molecule has 1 fully saturated rings. The quantitative estimate of drug-likeness (QED) is 0.175. The minimum Gasteiger partial charge on any atom is -0.460 e. The molecule has 0 radical (unpaired) electrons. The first-order valence-electron chi connectivity index (χ1n) is 15.8. The van der Waals surface area contributed by atoms with Crippen molar-refractivity contribution in [2.24, 2.45) is 5.92 Å². The Kier molecular flexibility index (Phi) is 9.56. The molecular formula is C35H39F2N7O3. The highest BCUT2D eigenvalue weighted by molar-refractivity contribution is 5.91. The lowest BCUT2D eigenvalue weighted by atomic mass is 9.95. The van der Waals surface area contributed by atoms with Gasteiger partial charge in [-0.1, -0.05) is 19.9 Å². The fourth-order valence-corrected chi connectivity index (χ4v) is 6.09. The molecular weight excluding hydrogens is 604 g/mol. The number of pyridine rings is 2. The number of benzene rings is 1. The van der Waals surface area contributed by atoms with Crippen LogP contribution in [0.1, 0.15) is 77.5 Å². The van der Waals surface area contributed by atoms with E-state index in [1.807, 2.05) is 18.7 Å². The van der Waals surface area contributed by atoms with E-state index in [0.29, 0.717) is 36.5 Å². The normalized spacial score (nSPS) is 15.2. The van der Waals surface area contributed by atoms with E-state index in [1.165, 1.54) is 22.8 Å². The third-order valence-electron chi connectivity index (χ3n) is 8.11. The number of hydrogen-bond donors (Lipinski definition) is 1. The fourth-order valence-electron chi connectivity index (χ4n) is 6.09. The van der Waals surface area contributed by atoms with E-state index in [4.69, 9.17) is 10.5 Å². The van der Waals surface area contributed by atoms with Gasteiger partial charge in [-0.25, -0.2) is 23.1 Å². The van der Waals surface area contributed by atoms with Gasteiger partial charge in [-0.05, 0) is 81.7 Å². The Bertz CT molecular complexity index is 1910. The highest BCUT2D eigenvalue weighted by Gasteiger charge is 2.29. The predicted molar refractivity (Wildman–Crippen MR) is 176 cm³/mol. The van der Waals surface area contributed by atoms with Crippen molar-refractivity contribution in [1.29, 1.82) is 5.26 Å². The topological polar surface area (TPSA) is 140 Å². The summed E-state index contributed by atoms with van der Waals surface area (Å²) in [6.45, 7) is 10.2. The van der Waals surface area contributed by atoms with Crippen LogP contribution in [0.4, 0.5) is 20.3 Å². The third-order valence-corrected chi connectivity index (χ3v) is 8.11. The zero-order valence-corrected chi connectivity index (χ0v) is 27.3. The molecule has 47 heavy (non-hydrogen) atoms. The molecule has 0 saturated carbocycles. The molecule has 3 aromatic heterocycles. The number of halogens is 2. The summed E-state index contributed by atoms with van der Waals surface area (Å²) in [5.41, 5.74) is 5.70. The van der Waals surface area contributed by atoms with E-state index in [2.05, 4.69) is 21.0 Å². The lowest BCUT2D eigenvalue weighted by molar-refractivity contribution is -0.154. The molecule has 1 aliphatic rings. The number of nitriles is 1. The van der Waals surface area contributed by atoms with Crippen LogP contribution >= 0.6 is 0 Å². The van der Waals surface area contributed by atoms with Gasteiger partial charge in [-0.3, -0.25) is 9.78 Å². The maximum Gasteiger partial charge on any atom is 0.355 e. The summed E-state index contributed by atoms with van der Waals surface area (Å²) in [6, 6.07) is 9.17. The number of aromatic nitrogens is 4. The Labute approximate surface area is 272 Å². The van der Waals surface area contributed by atoms with Gasteiger partial charge in [0.15, 0.2) is 11.5 Å². The molecule has 0 amide bonds. The van der Waals surface area contributed by atoms with Gasteiger partial charge in [0.05, 0.1) is 28.4 Å². The number of carbonyl (C=O) groups excluding carboxylic acids is 1. The van der Waals surface area contributed by atoms with Crippen molar-refractivity contribution in [3.63, 3.8) is 0 Å². The number of ether oxygens (including phenoxy) is 1. The SMILES string of the molecule is CC(C)c1nccc(CCC(=O)OC(C)(C)C)c1-n1c(=O)nc(N2CCC[C@@H](CC#N)C2)c2cc(F)c(-c3c(N)cccc3F)nc21. The number of fused-ring (bicyclic) bond motifs is 1. The number of nitrogen functional groups attached to an aromatic ring is 1. The van der Waals surface area contributed by atoms with E-state index >= 15 is 8.78 Å². The van der Waals surface area contributed by atoms with Crippen LogP contribution in [-0.4, -0.2) is 44.2 Å². The highest BCUT2D eigenvalue weighted by atomic mass is 19.1.